The van der Waals surface area contributed by atoms with E-state index in [1.54, 1.807) is 42.1 Å². The highest BCUT2D eigenvalue weighted by molar-refractivity contribution is 6.08. The Kier molecular flexibility index (Phi) is 4.65. The average molecular weight is 378 g/mol. The third-order valence-corrected chi connectivity index (χ3v) is 4.62. The average Bonchev–Trinajstić information content (AvgIpc) is 3.33. The second kappa shape index (κ2) is 7.26. The molecule has 0 unspecified atom stereocenters. The van der Waals surface area contributed by atoms with Gasteiger partial charge in [0.1, 0.15) is 5.82 Å². The van der Waals surface area contributed by atoms with Crippen molar-refractivity contribution in [1.29, 1.82) is 0 Å². The quantitative estimate of drug-likeness (QED) is 0.738. The van der Waals surface area contributed by atoms with Crippen LogP contribution in [0.1, 0.15) is 24.5 Å². The molecule has 1 aromatic heterocycles. The molecule has 28 heavy (non-hydrogen) atoms. The van der Waals surface area contributed by atoms with E-state index in [1.807, 2.05) is 30.5 Å². The van der Waals surface area contributed by atoms with Crippen molar-refractivity contribution in [2.45, 2.75) is 25.5 Å². The minimum absolute atomic E-state index is 0.187. The standard InChI is InChI=1S/C21H19FN4O2/c1-21(13-19(25-28-21)17-8-2-3-9-18(17)22)20(27)24-16-7-4-6-15(12-16)14-26-11-5-10-23-26/h2-12H,13-14H2,1H3,(H,24,27)/t21-/m0/s1. The largest absolute Gasteiger partial charge is 0.379 e. The van der Waals surface area contributed by atoms with E-state index in [0.717, 1.165) is 5.56 Å². The van der Waals surface area contributed by atoms with Gasteiger partial charge in [0.2, 0.25) is 5.60 Å². The zero-order valence-corrected chi connectivity index (χ0v) is 15.3. The van der Waals surface area contributed by atoms with Crippen LogP contribution < -0.4 is 5.32 Å². The molecule has 6 nitrogen and oxygen atoms in total. The van der Waals surface area contributed by atoms with Crippen LogP contribution in [0.15, 0.2) is 72.1 Å². The molecule has 7 heteroatoms. The Morgan fingerprint density at radius 2 is 2.11 bits per heavy atom. The summed E-state index contributed by atoms with van der Waals surface area (Å²) in [5, 5.41) is 11.0. The Morgan fingerprint density at radius 3 is 2.89 bits per heavy atom. The van der Waals surface area contributed by atoms with E-state index in [-0.39, 0.29) is 18.1 Å². The first-order valence-electron chi connectivity index (χ1n) is 8.91. The second-order valence-corrected chi connectivity index (χ2v) is 6.87. The summed E-state index contributed by atoms with van der Waals surface area (Å²) in [6.45, 7) is 2.25. The van der Waals surface area contributed by atoms with Crippen molar-refractivity contribution in [2.75, 3.05) is 5.32 Å². The molecular weight excluding hydrogens is 359 g/mol. The highest BCUT2D eigenvalue weighted by Gasteiger charge is 2.42. The van der Waals surface area contributed by atoms with E-state index in [0.29, 0.717) is 23.5 Å². The van der Waals surface area contributed by atoms with Crippen molar-refractivity contribution in [2.24, 2.45) is 5.16 Å². The number of rotatable bonds is 5. The minimum atomic E-state index is -1.20. The van der Waals surface area contributed by atoms with Gasteiger partial charge in [-0.05, 0) is 36.8 Å². The Bertz CT molecular complexity index is 1030. The molecule has 0 saturated carbocycles. The Labute approximate surface area is 161 Å². The van der Waals surface area contributed by atoms with Crippen molar-refractivity contribution in [1.82, 2.24) is 9.78 Å². The molecule has 0 saturated heterocycles. The third kappa shape index (κ3) is 3.64. The first-order valence-corrected chi connectivity index (χ1v) is 8.91. The smallest absolute Gasteiger partial charge is 0.271 e. The molecule has 1 aliphatic rings. The summed E-state index contributed by atoms with van der Waals surface area (Å²) in [4.78, 5) is 18.2. The lowest BCUT2D eigenvalue weighted by Gasteiger charge is -2.20. The molecule has 1 N–H and O–H groups in total. The Hall–Kier alpha value is -3.48. The van der Waals surface area contributed by atoms with Gasteiger partial charge >= 0.3 is 0 Å². The fourth-order valence-electron chi connectivity index (χ4n) is 3.09. The lowest BCUT2D eigenvalue weighted by molar-refractivity contribution is -0.135. The highest BCUT2D eigenvalue weighted by atomic mass is 19.1. The van der Waals surface area contributed by atoms with Gasteiger partial charge in [0, 0.05) is 30.1 Å². The molecule has 0 aliphatic carbocycles. The fourth-order valence-corrected chi connectivity index (χ4v) is 3.09. The molecule has 142 valence electrons. The molecule has 0 spiro atoms. The fraction of sp³-hybridized carbons (Fsp3) is 0.190. The van der Waals surface area contributed by atoms with Crippen molar-refractivity contribution < 1.29 is 14.0 Å². The van der Waals surface area contributed by atoms with Gasteiger partial charge in [0.25, 0.3) is 5.91 Å². The van der Waals surface area contributed by atoms with Crippen LogP contribution in [0.4, 0.5) is 10.1 Å². The van der Waals surface area contributed by atoms with Gasteiger partial charge in [-0.25, -0.2) is 4.39 Å². The van der Waals surface area contributed by atoms with E-state index in [4.69, 9.17) is 4.84 Å². The highest BCUT2D eigenvalue weighted by Crippen LogP contribution is 2.29. The maximum absolute atomic E-state index is 14.0. The van der Waals surface area contributed by atoms with Crippen molar-refractivity contribution in [3.05, 3.63) is 83.9 Å². The number of nitrogens with one attached hydrogen (secondary N) is 1. The van der Waals surface area contributed by atoms with Gasteiger partial charge in [0.05, 0.1) is 12.3 Å². The maximum atomic E-state index is 14.0. The number of anilines is 1. The summed E-state index contributed by atoms with van der Waals surface area (Å²) in [6.07, 6.45) is 3.78. The number of aromatic nitrogens is 2. The minimum Gasteiger partial charge on any atom is -0.379 e. The van der Waals surface area contributed by atoms with Gasteiger partial charge in [-0.3, -0.25) is 9.48 Å². The lowest BCUT2D eigenvalue weighted by Crippen LogP contribution is -2.40. The van der Waals surface area contributed by atoms with E-state index >= 15 is 0 Å². The predicted octanol–water partition coefficient (Wildman–Crippen LogP) is 3.59. The number of hydrogen-bond acceptors (Lipinski definition) is 4. The number of hydrogen-bond donors (Lipinski definition) is 1. The van der Waals surface area contributed by atoms with Crippen LogP contribution in [0.5, 0.6) is 0 Å². The van der Waals surface area contributed by atoms with Crippen LogP contribution in [0.25, 0.3) is 0 Å². The zero-order chi connectivity index (χ0) is 19.6. The molecule has 1 aliphatic heterocycles. The molecule has 0 fully saturated rings. The number of carbonyl (C=O) groups excluding carboxylic acids is 1. The summed E-state index contributed by atoms with van der Waals surface area (Å²) in [6, 6.07) is 15.7. The van der Waals surface area contributed by atoms with E-state index < -0.39 is 5.60 Å². The number of oxime groups is 1. The first kappa shape index (κ1) is 17.9. The molecule has 1 amide bonds. The summed E-state index contributed by atoms with van der Waals surface area (Å²) in [5.74, 6) is -0.723. The van der Waals surface area contributed by atoms with Crippen LogP contribution in [0, 0.1) is 5.82 Å². The first-order chi connectivity index (χ1) is 13.5. The molecular formula is C21H19FN4O2. The molecule has 1 atom stereocenters. The summed E-state index contributed by atoms with van der Waals surface area (Å²) in [5.41, 5.74) is 1.22. The number of halogens is 1. The predicted molar refractivity (Wildman–Crippen MR) is 103 cm³/mol. The summed E-state index contributed by atoms with van der Waals surface area (Å²) < 4.78 is 15.8. The topological polar surface area (TPSA) is 68.5 Å². The number of nitrogens with zero attached hydrogens (tertiary/aromatic N) is 3. The van der Waals surface area contributed by atoms with Gasteiger partial charge in [-0.1, -0.05) is 35.5 Å². The van der Waals surface area contributed by atoms with Crippen molar-refractivity contribution in [3.8, 4) is 0 Å². The van der Waals surface area contributed by atoms with Crippen LogP contribution in [0.3, 0.4) is 0 Å². The van der Waals surface area contributed by atoms with Gasteiger partial charge in [-0.15, -0.1) is 0 Å². The second-order valence-electron chi connectivity index (χ2n) is 6.87. The third-order valence-electron chi connectivity index (χ3n) is 4.62. The lowest BCUT2D eigenvalue weighted by atomic mass is 9.94. The maximum Gasteiger partial charge on any atom is 0.271 e. The number of amides is 1. The molecule has 2 heterocycles. The van der Waals surface area contributed by atoms with Crippen molar-refractivity contribution >= 4 is 17.3 Å². The molecule has 0 bridgehead atoms. The normalized spacial score (nSPS) is 18.4. The van der Waals surface area contributed by atoms with E-state index in [1.165, 1.54) is 6.07 Å². The van der Waals surface area contributed by atoms with Gasteiger partial charge in [-0.2, -0.15) is 5.10 Å². The Balaban J connectivity index is 1.45. The number of carbonyl (C=O) groups is 1. The zero-order valence-electron chi connectivity index (χ0n) is 15.3. The van der Waals surface area contributed by atoms with Crippen LogP contribution in [-0.2, 0) is 16.2 Å². The van der Waals surface area contributed by atoms with Crippen LogP contribution >= 0.6 is 0 Å². The molecule has 0 radical (unpaired) electrons. The summed E-state index contributed by atoms with van der Waals surface area (Å²) in [7, 11) is 0. The SMILES string of the molecule is C[C@@]1(C(=O)Nc2cccc(Cn3cccn3)c2)CC(c2ccccc2F)=NO1. The summed E-state index contributed by atoms with van der Waals surface area (Å²) >= 11 is 0. The Morgan fingerprint density at radius 1 is 1.25 bits per heavy atom. The van der Waals surface area contributed by atoms with Gasteiger partial charge < -0.3 is 10.2 Å². The molecule has 2 aromatic carbocycles. The molecule has 4 rings (SSSR count). The van der Waals surface area contributed by atoms with Crippen LogP contribution in [0.2, 0.25) is 0 Å². The van der Waals surface area contributed by atoms with E-state index in [2.05, 4.69) is 15.6 Å². The monoisotopic (exact) mass is 378 g/mol. The number of benzene rings is 2. The van der Waals surface area contributed by atoms with Crippen LogP contribution in [-0.4, -0.2) is 27.0 Å². The van der Waals surface area contributed by atoms with Crippen molar-refractivity contribution in [3.63, 3.8) is 0 Å². The molecule has 3 aromatic rings. The van der Waals surface area contributed by atoms with Gasteiger partial charge in [0.15, 0.2) is 0 Å². The van der Waals surface area contributed by atoms with E-state index in [9.17, 15) is 9.18 Å².